The summed E-state index contributed by atoms with van der Waals surface area (Å²) in [5.41, 5.74) is 11.6. The Morgan fingerprint density at radius 2 is 1.71 bits per heavy atom. The zero-order chi connectivity index (χ0) is 48.2. The lowest BCUT2D eigenvalue weighted by atomic mass is 9.79. The number of nitrogens with two attached hydrogens (primary N) is 1. The van der Waals surface area contributed by atoms with Crippen LogP contribution in [-0.4, -0.2) is 140 Å². The summed E-state index contributed by atoms with van der Waals surface area (Å²) in [5.74, 6) is -2.07. The Morgan fingerprint density at radius 1 is 0.970 bits per heavy atom. The van der Waals surface area contributed by atoms with Crippen LogP contribution >= 0.6 is 11.3 Å². The van der Waals surface area contributed by atoms with E-state index in [-0.39, 0.29) is 66.8 Å². The molecule has 0 bridgehead atoms. The van der Waals surface area contributed by atoms with Crippen molar-refractivity contribution in [2.45, 2.75) is 136 Å². The highest BCUT2D eigenvalue weighted by molar-refractivity contribution is 7.09. The van der Waals surface area contributed by atoms with Crippen LogP contribution in [0.15, 0.2) is 23.6 Å². The second-order valence-electron chi connectivity index (χ2n) is 17.7. The number of fused-ring (bicyclic) bond motifs is 1. The number of aromatic nitrogens is 1. The van der Waals surface area contributed by atoms with E-state index in [1.807, 2.05) is 39.6 Å². The number of hydrogen-bond acceptors (Lipinski definition) is 14. The number of benzene rings is 1. The predicted octanol–water partition coefficient (Wildman–Crippen LogP) is 4.56. The van der Waals surface area contributed by atoms with E-state index >= 15 is 0 Å². The first kappa shape index (κ1) is 54.2. The summed E-state index contributed by atoms with van der Waals surface area (Å²) in [5, 5.41) is 18.9. The zero-order valence-electron chi connectivity index (χ0n) is 40.1. The van der Waals surface area contributed by atoms with Gasteiger partial charge in [-0.3, -0.25) is 29.5 Å². The number of thiazole rings is 1. The lowest BCUT2D eigenvalue weighted by Crippen LogP contribution is -2.58. The quantitative estimate of drug-likeness (QED) is 0.0561. The molecule has 2 aliphatic rings. The smallest absolute Gasteiger partial charge is 0.426 e. The second-order valence-corrected chi connectivity index (χ2v) is 18.6. The maximum atomic E-state index is 14.7. The van der Waals surface area contributed by atoms with Gasteiger partial charge in [0.2, 0.25) is 17.7 Å². The third kappa shape index (κ3) is 16.1. The number of nitrogens with zero attached hydrogens (tertiary/aromatic N) is 3. The van der Waals surface area contributed by atoms with Crippen LogP contribution in [0, 0.1) is 11.8 Å². The molecule has 7 N–H and O–H groups in total. The summed E-state index contributed by atoms with van der Waals surface area (Å²) in [6, 6.07) is 3.08. The normalized spacial score (nSPS) is 19.2. The number of ether oxygens (including phenoxy) is 4. The van der Waals surface area contributed by atoms with Crippen molar-refractivity contribution in [2.24, 2.45) is 17.6 Å². The van der Waals surface area contributed by atoms with Gasteiger partial charge in [0.15, 0.2) is 0 Å². The highest BCUT2D eigenvalue weighted by Crippen LogP contribution is 2.35. The standard InChI is InChI=1S/C47H76N8O10S/c1-8-17-55(46(60)41(31(6)10-3)51-44(59)38-13-11-12-18-54(38)7)39(30(4)5)28-40(64-19-9-2)45-50-37(29-66-45)43(58)49-33-25-32-14-15-34(56)27-35(32)36(26-33)42(57)52-53-47(61)65-24-23-63-22-21-62-20-16-48/h14-15,27,29-31,33,36,38-41,56H,8-13,16-26,28,48H2,1-7H3,(H,49,58)(H,51,59)(H,52,57)(H,53,61)/t31-,33-,36+,38+,39?,40+,41-/m0/s1. The average molecular weight is 945 g/mol. The molecule has 2 heterocycles. The molecule has 1 aromatic carbocycles. The molecular weight excluding hydrogens is 869 g/mol. The number of likely N-dealkylation sites (N-methyl/N-ethyl adjacent to an activating group) is 1. The molecule has 1 aromatic heterocycles. The number of hydrogen-bond donors (Lipinski definition) is 6. The van der Waals surface area contributed by atoms with Gasteiger partial charge in [-0.2, -0.15) is 0 Å². The Bertz CT molecular complexity index is 1850. The first-order chi connectivity index (χ1) is 31.7. The van der Waals surface area contributed by atoms with Crippen molar-refractivity contribution in [2.75, 3.05) is 66.3 Å². The first-order valence-electron chi connectivity index (χ1n) is 23.8. The maximum Gasteiger partial charge on any atom is 0.426 e. The molecule has 1 aliphatic heterocycles. The van der Waals surface area contributed by atoms with Crippen LogP contribution in [0.25, 0.3) is 0 Å². The van der Waals surface area contributed by atoms with E-state index < -0.39 is 42.0 Å². The Hall–Kier alpha value is -4.40. The van der Waals surface area contributed by atoms with Gasteiger partial charge in [0.25, 0.3) is 5.91 Å². The van der Waals surface area contributed by atoms with E-state index in [1.54, 1.807) is 11.4 Å². The average Bonchev–Trinajstić information content (AvgIpc) is 3.80. The zero-order valence-corrected chi connectivity index (χ0v) is 40.9. The fourth-order valence-electron chi connectivity index (χ4n) is 8.52. The molecule has 1 unspecified atom stereocenters. The SMILES string of the molecule is CCCO[C@H](CC(C(C)C)N(CCC)C(=O)[C@@H](NC(=O)[C@H]1CCCCN1C)[C@@H](C)CC)c1nc(C(=O)N[C@H]2Cc3ccc(O)cc3[C@H](C(=O)NNC(=O)OCCOCCOCCN)C2)cs1. The lowest BCUT2D eigenvalue weighted by molar-refractivity contribution is -0.143. The minimum absolute atomic E-state index is 0.0173. The highest BCUT2D eigenvalue weighted by Gasteiger charge is 2.39. The fraction of sp³-hybridized carbons (Fsp3) is 0.702. The molecule has 370 valence electrons. The summed E-state index contributed by atoms with van der Waals surface area (Å²) < 4.78 is 22.1. The van der Waals surface area contributed by atoms with Gasteiger partial charge in [-0.05, 0) is 87.2 Å². The number of piperidine rings is 1. The Balaban J connectivity index is 1.45. The molecule has 0 saturated carbocycles. The molecule has 2 aromatic rings. The fourth-order valence-corrected chi connectivity index (χ4v) is 9.38. The van der Waals surface area contributed by atoms with Crippen molar-refractivity contribution >= 4 is 41.1 Å². The van der Waals surface area contributed by atoms with Gasteiger partial charge in [-0.25, -0.2) is 15.2 Å². The molecule has 5 amide bonds. The van der Waals surface area contributed by atoms with Crippen molar-refractivity contribution in [1.29, 1.82) is 0 Å². The number of rotatable bonds is 26. The Morgan fingerprint density at radius 3 is 2.39 bits per heavy atom. The largest absolute Gasteiger partial charge is 0.508 e. The van der Waals surface area contributed by atoms with E-state index in [4.69, 9.17) is 29.7 Å². The molecule has 1 saturated heterocycles. The molecule has 18 nitrogen and oxygen atoms in total. The highest BCUT2D eigenvalue weighted by atomic mass is 32.1. The number of carbonyl (C=O) groups is 5. The molecule has 66 heavy (non-hydrogen) atoms. The van der Waals surface area contributed by atoms with Gasteiger partial charge in [-0.15, -0.1) is 11.3 Å². The monoisotopic (exact) mass is 945 g/mol. The number of phenols is 1. The minimum atomic E-state index is -0.880. The van der Waals surface area contributed by atoms with Gasteiger partial charge in [0, 0.05) is 43.6 Å². The van der Waals surface area contributed by atoms with Crippen LogP contribution < -0.4 is 27.2 Å². The molecule has 7 atom stereocenters. The van der Waals surface area contributed by atoms with E-state index in [0.29, 0.717) is 62.9 Å². The number of phenolic OH excluding ortho intramolecular Hbond substituents is 1. The van der Waals surface area contributed by atoms with Crippen LogP contribution in [0.5, 0.6) is 5.75 Å². The number of hydrazine groups is 1. The van der Waals surface area contributed by atoms with Crippen LogP contribution in [0.3, 0.4) is 0 Å². The van der Waals surface area contributed by atoms with E-state index in [0.717, 1.165) is 50.6 Å². The number of likely N-dealkylation sites (tertiary alicyclic amines) is 1. The first-order valence-corrected chi connectivity index (χ1v) is 24.7. The van der Waals surface area contributed by atoms with Gasteiger partial charge in [-0.1, -0.05) is 60.5 Å². The third-order valence-corrected chi connectivity index (χ3v) is 13.2. The molecule has 19 heteroatoms. The Labute approximate surface area is 394 Å². The molecule has 1 fully saturated rings. The van der Waals surface area contributed by atoms with E-state index in [2.05, 4.69) is 40.2 Å². The molecule has 0 radical (unpaired) electrons. The molecular formula is C47H76N8O10S. The van der Waals surface area contributed by atoms with E-state index in [1.165, 1.54) is 23.5 Å². The number of aromatic hydroxyl groups is 1. The lowest BCUT2D eigenvalue weighted by Gasteiger charge is -2.40. The summed E-state index contributed by atoms with van der Waals surface area (Å²) in [4.78, 5) is 77.0. The molecule has 0 spiro atoms. The van der Waals surface area contributed by atoms with Gasteiger partial charge in [0.05, 0.1) is 38.4 Å². The van der Waals surface area contributed by atoms with Crippen LogP contribution in [0.1, 0.15) is 132 Å². The predicted molar refractivity (Wildman–Crippen MR) is 252 cm³/mol. The minimum Gasteiger partial charge on any atom is -0.508 e. The van der Waals surface area contributed by atoms with Crippen molar-refractivity contribution in [3.8, 4) is 5.75 Å². The van der Waals surface area contributed by atoms with Gasteiger partial charge >= 0.3 is 6.09 Å². The number of amides is 5. The van der Waals surface area contributed by atoms with Crippen LogP contribution in [-0.2, 0) is 39.8 Å². The second kappa shape index (κ2) is 28.1. The van der Waals surface area contributed by atoms with Crippen LogP contribution in [0.4, 0.5) is 4.79 Å². The third-order valence-electron chi connectivity index (χ3n) is 12.3. The summed E-state index contributed by atoms with van der Waals surface area (Å²) >= 11 is 1.32. The van der Waals surface area contributed by atoms with Crippen molar-refractivity contribution in [3.05, 3.63) is 45.4 Å². The van der Waals surface area contributed by atoms with Crippen molar-refractivity contribution in [1.82, 2.24) is 36.3 Å². The maximum absolute atomic E-state index is 14.7. The van der Waals surface area contributed by atoms with Crippen molar-refractivity contribution < 1.29 is 48.0 Å². The summed E-state index contributed by atoms with van der Waals surface area (Å²) in [6.07, 6.45) is 4.61. The van der Waals surface area contributed by atoms with E-state index in [9.17, 15) is 29.1 Å². The molecule has 4 rings (SSSR count). The van der Waals surface area contributed by atoms with Crippen LogP contribution in [0.2, 0.25) is 0 Å². The van der Waals surface area contributed by atoms with Crippen molar-refractivity contribution in [3.63, 3.8) is 0 Å². The summed E-state index contributed by atoms with van der Waals surface area (Å²) in [6.45, 7) is 15.7. The van der Waals surface area contributed by atoms with Gasteiger partial charge in [0.1, 0.15) is 35.2 Å². The number of nitrogens with one attached hydrogen (secondary N) is 4. The van der Waals surface area contributed by atoms with Gasteiger partial charge < -0.3 is 45.3 Å². The number of carbonyl (C=O) groups excluding carboxylic acids is 5. The molecule has 1 aliphatic carbocycles. The summed E-state index contributed by atoms with van der Waals surface area (Å²) in [7, 11) is 1.97. The Kier molecular flexibility index (Phi) is 23.0. The topological polar surface area (TPSA) is 236 Å².